The van der Waals surface area contributed by atoms with Crippen LogP contribution >= 0.6 is 0 Å². The van der Waals surface area contributed by atoms with Crippen LogP contribution in [0, 0.1) is 0 Å². The molecular formula is C19H28N2O2. The van der Waals surface area contributed by atoms with Gasteiger partial charge in [-0.05, 0) is 50.2 Å². The minimum Gasteiger partial charge on any atom is -0.341 e. The molecule has 2 unspecified atom stereocenters. The highest BCUT2D eigenvalue weighted by Crippen LogP contribution is 2.20. The van der Waals surface area contributed by atoms with Crippen molar-refractivity contribution in [2.45, 2.75) is 65.0 Å². The zero-order valence-corrected chi connectivity index (χ0v) is 14.5. The number of amides is 2. The highest BCUT2D eigenvalue weighted by molar-refractivity contribution is 6.35. The zero-order valence-electron chi connectivity index (χ0n) is 14.5. The summed E-state index contributed by atoms with van der Waals surface area (Å²) in [7, 11) is 0. The van der Waals surface area contributed by atoms with Crippen molar-refractivity contribution in [3.8, 4) is 0 Å². The number of hydrogen-bond donors (Lipinski definition) is 1. The molecule has 1 aromatic carbocycles. The molecule has 4 heteroatoms. The second-order valence-electron chi connectivity index (χ2n) is 6.35. The molecule has 1 saturated heterocycles. The molecule has 0 aliphatic carbocycles. The van der Waals surface area contributed by atoms with Crippen molar-refractivity contribution in [1.82, 2.24) is 10.2 Å². The van der Waals surface area contributed by atoms with Crippen LogP contribution in [-0.2, 0) is 16.0 Å². The van der Waals surface area contributed by atoms with Crippen LogP contribution in [0.5, 0.6) is 0 Å². The Morgan fingerprint density at radius 3 is 2.52 bits per heavy atom. The lowest BCUT2D eigenvalue weighted by atomic mass is 10.00. The molecule has 0 bridgehead atoms. The molecule has 23 heavy (non-hydrogen) atoms. The maximum absolute atomic E-state index is 12.4. The SMILES string of the molecule is CCc1ccc(C(C)NC(=O)C(=O)N2CCCCC2CC)cc1. The highest BCUT2D eigenvalue weighted by Gasteiger charge is 2.30. The lowest BCUT2D eigenvalue weighted by Gasteiger charge is -2.34. The molecule has 126 valence electrons. The van der Waals surface area contributed by atoms with E-state index in [-0.39, 0.29) is 18.0 Å². The predicted molar refractivity (Wildman–Crippen MR) is 92.0 cm³/mol. The van der Waals surface area contributed by atoms with E-state index in [1.807, 2.05) is 19.1 Å². The van der Waals surface area contributed by atoms with Crippen molar-refractivity contribution >= 4 is 11.8 Å². The Kier molecular flexibility index (Phi) is 6.20. The van der Waals surface area contributed by atoms with Gasteiger partial charge in [0.05, 0.1) is 6.04 Å². The minimum atomic E-state index is -0.489. The first-order valence-electron chi connectivity index (χ1n) is 8.77. The van der Waals surface area contributed by atoms with Gasteiger partial charge in [0, 0.05) is 12.6 Å². The summed E-state index contributed by atoms with van der Waals surface area (Å²) in [6, 6.07) is 8.21. The van der Waals surface area contributed by atoms with Gasteiger partial charge >= 0.3 is 11.8 Å². The van der Waals surface area contributed by atoms with Gasteiger partial charge in [-0.2, -0.15) is 0 Å². The Balaban J connectivity index is 1.97. The van der Waals surface area contributed by atoms with Gasteiger partial charge in [-0.25, -0.2) is 0 Å². The van der Waals surface area contributed by atoms with Crippen molar-refractivity contribution in [2.75, 3.05) is 6.54 Å². The Morgan fingerprint density at radius 1 is 1.22 bits per heavy atom. The van der Waals surface area contributed by atoms with E-state index in [1.165, 1.54) is 5.56 Å². The number of hydrogen-bond acceptors (Lipinski definition) is 2. The third kappa shape index (κ3) is 4.34. The number of nitrogens with one attached hydrogen (secondary N) is 1. The molecule has 1 aliphatic rings. The van der Waals surface area contributed by atoms with E-state index in [0.29, 0.717) is 6.54 Å². The predicted octanol–water partition coefficient (Wildman–Crippen LogP) is 3.22. The maximum atomic E-state index is 12.4. The fraction of sp³-hybridized carbons (Fsp3) is 0.579. The number of rotatable bonds is 4. The molecule has 0 radical (unpaired) electrons. The Bertz CT molecular complexity index is 539. The largest absolute Gasteiger partial charge is 0.341 e. The lowest BCUT2D eigenvalue weighted by molar-refractivity contribution is -0.148. The summed E-state index contributed by atoms with van der Waals surface area (Å²) in [6.45, 7) is 6.80. The second-order valence-corrected chi connectivity index (χ2v) is 6.35. The van der Waals surface area contributed by atoms with Crippen LogP contribution in [0.2, 0.25) is 0 Å². The van der Waals surface area contributed by atoms with E-state index >= 15 is 0 Å². The summed E-state index contributed by atoms with van der Waals surface area (Å²) in [5.74, 6) is -0.869. The number of aryl methyl sites for hydroxylation is 1. The molecule has 0 spiro atoms. The minimum absolute atomic E-state index is 0.165. The standard InChI is InChI=1S/C19H28N2O2/c1-4-15-9-11-16(12-10-15)14(3)20-18(22)19(23)21-13-7-6-8-17(21)5-2/h9-12,14,17H,4-8,13H2,1-3H3,(H,20,22). The molecule has 2 amide bonds. The Hall–Kier alpha value is -1.84. The monoisotopic (exact) mass is 316 g/mol. The number of nitrogens with zero attached hydrogens (tertiary/aromatic N) is 1. The van der Waals surface area contributed by atoms with Crippen LogP contribution in [0.15, 0.2) is 24.3 Å². The third-order valence-corrected chi connectivity index (χ3v) is 4.79. The maximum Gasteiger partial charge on any atom is 0.312 e. The van der Waals surface area contributed by atoms with Crippen LogP contribution < -0.4 is 5.32 Å². The van der Waals surface area contributed by atoms with Crippen LogP contribution in [0.3, 0.4) is 0 Å². The second kappa shape index (κ2) is 8.14. The average molecular weight is 316 g/mol. The number of likely N-dealkylation sites (tertiary alicyclic amines) is 1. The van der Waals surface area contributed by atoms with Crippen molar-refractivity contribution in [2.24, 2.45) is 0 Å². The molecule has 0 saturated carbocycles. The van der Waals surface area contributed by atoms with Crippen molar-refractivity contribution < 1.29 is 9.59 Å². The van der Waals surface area contributed by atoms with E-state index in [1.54, 1.807) is 4.90 Å². The molecule has 1 heterocycles. The Labute approximate surface area is 139 Å². The van der Waals surface area contributed by atoms with Crippen molar-refractivity contribution in [3.05, 3.63) is 35.4 Å². The summed E-state index contributed by atoms with van der Waals surface area (Å²) in [6.07, 6.45) is 5.04. The fourth-order valence-corrected chi connectivity index (χ4v) is 3.21. The number of benzene rings is 1. The fourth-order valence-electron chi connectivity index (χ4n) is 3.21. The molecule has 0 aromatic heterocycles. The van der Waals surface area contributed by atoms with Gasteiger partial charge in [0.25, 0.3) is 0 Å². The lowest BCUT2D eigenvalue weighted by Crippen LogP contribution is -2.50. The molecule has 1 N–H and O–H groups in total. The zero-order chi connectivity index (χ0) is 16.8. The molecule has 1 fully saturated rings. The number of carbonyl (C=O) groups excluding carboxylic acids is 2. The first kappa shape index (κ1) is 17.5. The molecule has 1 aromatic rings. The van der Waals surface area contributed by atoms with Gasteiger partial charge in [0.2, 0.25) is 0 Å². The summed E-state index contributed by atoms with van der Waals surface area (Å²) >= 11 is 0. The summed E-state index contributed by atoms with van der Waals surface area (Å²) in [5, 5.41) is 2.85. The normalized spacial score (nSPS) is 19.3. The quantitative estimate of drug-likeness (QED) is 0.867. The van der Waals surface area contributed by atoms with Crippen LogP contribution in [0.4, 0.5) is 0 Å². The summed E-state index contributed by atoms with van der Waals surface area (Å²) in [5.41, 5.74) is 2.29. The van der Waals surface area contributed by atoms with Gasteiger partial charge in [-0.15, -0.1) is 0 Å². The van der Waals surface area contributed by atoms with Gasteiger partial charge in [0.15, 0.2) is 0 Å². The van der Waals surface area contributed by atoms with Gasteiger partial charge in [-0.3, -0.25) is 9.59 Å². The van der Waals surface area contributed by atoms with E-state index < -0.39 is 5.91 Å². The number of carbonyl (C=O) groups is 2. The first-order valence-corrected chi connectivity index (χ1v) is 8.77. The van der Waals surface area contributed by atoms with Crippen molar-refractivity contribution in [1.29, 1.82) is 0 Å². The number of piperidine rings is 1. The average Bonchev–Trinajstić information content (AvgIpc) is 2.60. The topological polar surface area (TPSA) is 49.4 Å². The van der Waals surface area contributed by atoms with Crippen LogP contribution in [0.25, 0.3) is 0 Å². The van der Waals surface area contributed by atoms with Crippen molar-refractivity contribution in [3.63, 3.8) is 0 Å². The summed E-state index contributed by atoms with van der Waals surface area (Å²) in [4.78, 5) is 26.5. The van der Waals surface area contributed by atoms with E-state index in [9.17, 15) is 9.59 Å². The smallest absolute Gasteiger partial charge is 0.312 e. The summed E-state index contributed by atoms with van der Waals surface area (Å²) < 4.78 is 0. The molecule has 2 atom stereocenters. The van der Waals surface area contributed by atoms with Gasteiger partial charge in [0.1, 0.15) is 0 Å². The van der Waals surface area contributed by atoms with Gasteiger partial charge in [-0.1, -0.05) is 38.1 Å². The third-order valence-electron chi connectivity index (χ3n) is 4.79. The van der Waals surface area contributed by atoms with E-state index in [4.69, 9.17) is 0 Å². The highest BCUT2D eigenvalue weighted by atomic mass is 16.2. The van der Waals surface area contributed by atoms with Crippen LogP contribution in [-0.4, -0.2) is 29.3 Å². The molecular weight excluding hydrogens is 288 g/mol. The molecule has 2 rings (SSSR count). The molecule has 4 nitrogen and oxygen atoms in total. The van der Waals surface area contributed by atoms with E-state index in [0.717, 1.165) is 37.7 Å². The van der Waals surface area contributed by atoms with E-state index in [2.05, 4.69) is 31.3 Å². The van der Waals surface area contributed by atoms with Crippen LogP contribution in [0.1, 0.15) is 63.6 Å². The van der Waals surface area contributed by atoms with Gasteiger partial charge < -0.3 is 10.2 Å². The Morgan fingerprint density at radius 2 is 1.91 bits per heavy atom. The molecule has 1 aliphatic heterocycles. The first-order chi connectivity index (χ1) is 11.1.